The lowest BCUT2D eigenvalue weighted by atomic mass is 9.82. The molecule has 0 saturated carbocycles. The molecule has 0 radical (unpaired) electrons. The summed E-state index contributed by atoms with van der Waals surface area (Å²) in [6.45, 7) is 4.91. The monoisotopic (exact) mass is 566 g/mol. The van der Waals surface area contributed by atoms with Crippen LogP contribution >= 0.6 is 0 Å². The largest absolute Gasteiger partial charge is 0.489 e. The van der Waals surface area contributed by atoms with Gasteiger partial charge in [-0.1, -0.05) is 105 Å². The van der Waals surface area contributed by atoms with Crippen molar-refractivity contribution in [1.29, 1.82) is 0 Å². The Morgan fingerprint density at radius 3 is 1.76 bits per heavy atom. The van der Waals surface area contributed by atoms with Crippen LogP contribution in [0.2, 0.25) is 0 Å². The average Bonchev–Trinajstić information content (AvgIpc) is 3.04. The van der Waals surface area contributed by atoms with Crippen molar-refractivity contribution in [3.8, 4) is 5.75 Å². The molecule has 0 aliphatic carbocycles. The Hall–Kier alpha value is -3.81. The van der Waals surface area contributed by atoms with Crippen LogP contribution in [0.1, 0.15) is 47.3 Å². The topological polar surface area (TPSA) is 74.2 Å². The number of hydrogen-bond acceptors (Lipinski definition) is 6. The van der Waals surface area contributed by atoms with Crippen LogP contribution in [-0.4, -0.2) is 35.0 Å². The summed E-state index contributed by atoms with van der Waals surface area (Å²) >= 11 is 0. The van der Waals surface area contributed by atoms with Gasteiger partial charge in [0.25, 0.3) is 5.79 Å². The normalized spacial score (nSPS) is 23.8. The first-order valence-corrected chi connectivity index (χ1v) is 14.5. The third-order valence-corrected chi connectivity index (χ3v) is 7.77. The highest BCUT2D eigenvalue weighted by Crippen LogP contribution is 2.39. The van der Waals surface area contributed by atoms with Gasteiger partial charge in [-0.05, 0) is 47.4 Å². The second-order valence-corrected chi connectivity index (χ2v) is 10.7. The van der Waals surface area contributed by atoms with E-state index < -0.39 is 29.9 Å². The number of rotatable bonds is 12. The summed E-state index contributed by atoms with van der Waals surface area (Å²) in [7, 11) is 0. The lowest BCUT2D eigenvalue weighted by molar-refractivity contribution is -0.326. The average molecular weight is 567 g/mol. The summed E-state index contributed by atoms with van der Waals surface area (Å²) in [6, 6.07) is 36.1. The van der Waals surface area contributed by atoms with Crippen molar-refractivity contribution in [2.45, 2.75) is 64.2 Å². The van der Waals surface area contributed by atoms with E-state index in [1.54, 1.807) is 24.3 Å². The number of ether oxygens (including phenoxy) is 4. The molecule has 1 N–H and O–H groups in total. The molecule has 1 aliphatic rings. The van der Waals surface area contributed by atoms with Crippen molar-refractivity contribution in [3.05, 3.63) is 138 Å². The molecular weight excluding hydrogens is 528 g/mol. The zero-order chi connectivity index (χ0) is 29.4. The van der Waals surface area contributed by atoms with Crippen LogP contribution < -0.4 is 4.74 Å². The maximum absolute atomic E-state index is 14.1. The van der Waals surface area contributed by atoms with Gasteiger partial charge in [0, 0.05) is 11.5 Å². The predicted molar refractivity (Wildman–Crippen MR) is 161 cm³/mol. The van der Waals surface area contributed by atoms with Crippen molar-refractivity contribution >= 4 is 5.78 Å². The number of carbonyl (C=O) groups excluding carboxylic acids is 1. The number of Topliss-reactive ketones (excluding diaryl/α,β-unsaturated/α-hetero) is 1. The second kappa shape index (κ2) is 13.9. The van der Waals surface area contributed by atoms with Crippen LogP contribution in [0.3, 0.4) is 0 Å². The summed E-state index contributed by atoms with van der Waals surface area (Å²) in [5, 5.41) is 12.1. The molecule has 0 aromatic heterocycles. The Kier molecular flexibility index (Phi) is 9.82. The van der Waals surface area contributed by atoms with E-state index >= 15 is 0 Å². The molecule has 0 amide bonds. The minimum Gasteiger partial charge on any atom is -0.489 e. The van der Waals surface area contributed by atoms with Gasteiger partial charge in [-0.2, -0.15) is 0 Å². The Balaban J connectivity index is 1.40. The van der Waals surface area contributed by atoms with Crippen molar-refractivity contribution in [2.75, 3.05) is 0 Å². The fraction of sp³-hybridized carbons (Fsp3) is 0.306. The van der Waals surface area contributed by atoms with Gasteiger partial charge in [0.2, 0.25) is 5.78 Å². The van der Waals surface area contributed by atoms with Crippen LogP contribution in [0.5, 0.6) is 5.75 Å². The first-order valence-electron chi connectivity index (χ1n) is 14.5. The van der Waals surface area contributed by atoms with E-state index in [1.807, 2.05) is 105 Å². The summed E-state index contributed by atoms with van der Waals surface area (Å²) in [5.41, 5.74) is 3.25. The van der Waals surface area contributed by atoms with Crippen LogP contribution in [-0.2, 0) is 34.0 Å². The Labute approximate surface area is 247 Å². The SMILES string of the molecule is CC[C@H]1O[C@@](O)(C(=O)c2ccc(OCc3ccccc3)cc2)[C@H](OCc2ccccc2)[C@@H](OCc2ccccc2)[C@@H]1C. The fourth-order valence-electron chi connectivity index (χ4n) is 5.38. The molecule has 6 nitrogen and oxygen atoms in total. The van der Waals surface area contributed by atoms with Crippen molar-refractivity contribution in [2.24, 2.45) is 5.92 Å². The molecule has 5 atom stereocenters. The van der Waals surface area contributed by atoms with E-state index in [-0.39, 0.29) is 12.5 Å². The first-order chi connectivity index (χ1) is 20.5. The van der Waals surface area contributed by atoms with E-state index in [1.165, 1.54) is 0 Å². The van der Waals surface area contributed by atoms with E-state index in [9.17, 15) is 9.90 Å². The van der Waals surface area contributed by atoms with Gasteiger partial charge in [0.05, 0.1) is 25.4 Å². The zero-order valence-electron chi connectivity index (χ0n) is 24.1. The van der Waals surface area contributed by atoms with Gasteiger partial charge >= 0.3 is 0 Å². The molecule has 1 aliphatic heterocycles. The van der Waals surface area contributed by atoms with E-state index in [0.29, 0.717) is 30.9 Å². The molecule has 0 spiro atoms. The number of benzene rings is 4. The number of aliphatic hydroxyl groups is 1. The van der Waals surface area contributed by atoms with Gasteiger partial charge < -0.3 is 24.1 Å². The van der Waals surface area contributed by atoms with Gasteiger partial charge in [-0.15, -0.1) is 0 Å². The molecule has 218 valence electrons. The maximum Gasteiger partial charge on any atom is 0.261 e. The first kappa shape index (κ1) is 29.7. The van der Waals surface area contributed by atoms with Crippen LogP contribution in [0.4, 0.5) is 0 Å². The minimum absolute atomic E-state index is 0.138. The molecule has 6 heteroatoms. The molecule has 0 unspecified atom stereocenters. The maximum atomic E-state index is 14.1. The molecular formula is C36H38O6. The zero-order valence-corrected chi connectivity index (χ0v) is 24.1. The molecule has 0 bridgehead atoms. The van der Waals surface area contributed by atoms with Crippen LogP contribution in [0.15, 0.2) is 115 Å². The van der Waals surface area contributed by atoms with Gasteiger partial charge in [0.15, 0.2) is 0 Å². The molecule has 4 aromatic rings. The standard InChI is InChI=1S/C36H38O6/c1-3-32-26(2)33(40-24-28-15-9-5-10-16-28)35(41-25-29-17-11-6-12-18-29)36(38,42-32)34(37)30-19-21-31(22-20-30)39-23-27-13-7-4-8-14-27/h4-22,26,32-33,35,38H,3,23-25H2,1-2H3/t26-,32-,33+,35-,36+/m1/s1. The fourth-order valence-corrected chi connectivity index (χ4v) is 5.38. The van der Waals surface area contributed by atoms with E-state index in [0.717, 1.165) is 16.7 Å². The highest BCUT2D eigenvalue weighted by Gasteiger charge is 2.58. The van der Waals surface area contributed by atoms with E-state index in [4.69, 9.17) is 18.9 Å². The summed E-state index contributed by atoms with van der Waals surface area (Å²) < 4.78 is 24.9. The molecule has 5 rings (SSSR count). The predicted octanol–water partition coefficient (Wildman–Crippen LogP) is 6.75. The highest BCUT2D eigenvalue weighted by molar-refractivity contribution is 6.02. The van der Waals surface area contributed by atoms with Gasteiger partial charge in [0.1, 0.15) is 18.5 Å². The lowest BCUT2D eigenvalue weighted by Crippen LogP contribution is -2.66. The minimum atomic E-state index is -2.25. The molecule has 1 fully saturated rings. The number of ketones is 1. The third kappa shape index (κ3) is 6.97. The Bertz CT molecular complexity index is 1390. The summed E-state index contributed by atoms with van der Waals surface area (Å²) in [5.74, 6) is -2.35. The second-order valence-electron chi connectivity index (χ2n) is 10.7. The van der Waals surface area contributed by atoms with Crippen molar-refractivity contribution in [3.63, 3.8) is 0 Å². The number of carbonyl (C=O) groups is 1. The smallest absolute Gasteiger partial charge is 0.261 e. The molecule has 42 heavy (non-hydrogen) atoms. The van der Waals surface area contributed by atoms with E-state index in [2.05, 4.69) is 0 Å². The van der Waals surface area contributed by atoms with Gasteiger partial charge in [-0.25, -0.2) is 0 Å². The summed E-state index contributed by atoms with van der Waals surface area (Å²) in [4.78, 5) is 14.1. The highest BCUT2D eigenvalue weighted by atomic mass is 16.7. The molecule has 4 aromatic carbocycles. The Morgan fingerprint density at radius 2 is 1.24 bits per heavy atom. The third-order valence-electron chi connectivity index (χ3n) is 7.77. The molecule has 1 heterocycles. The Morgan fingerprint density at radius 1 is 0.738 bits per heavy atom. The van der Waals surface area contributed by atoms with Crippen LogP contribution in [0, 0.1) is 5.92 Å². The van der Waals surface area contributed by atoms with Crippen molar-refractivity contribution in [1.82, 2.24) is 0 Å². The lowest BCUT2D eigenvalue weighted by Gasteiger charge is -2.49. The van der Waals surface area contributed by atoms with Crippen molar-refractivity contribution < 1.29 is 28.8 Å². The molecule has 1 saturated heterocycles. The van der Waals surface area contributed by atoms with Gasteiger partial charge in [-0.3, -0.25) is 4.79 Å². The van der Waals surface area contributed by atoms with Crippen LogP contribution in [0.25, 0.3) is 0 Å². The quantitative estimate of drug-likeness (QED) is 0.191. The summed E-state index contributed by atoms with van der Waals surface area (Å²) in [6.07, 6.45) is -1.49. The number of hydrogen-bond donors (Lipinski definition) is 1.